The zero-order chi connectivity index (χ0) is 16.5. The number of likely N-dealkylation sites (tertiary alicyclic amines) is 1. The molecule has 2 aliphatic heterocycles. The summed E-state index contributed by atoms with van der Waals surface area (Å²) in [5.41, 5.74) is 2.46. The highest BCUT2D eigenvalue weighted by Gasteiger charge is 2.46. The first-order chi connectivity index (χ1) is 11.8. The lowest BCUT2D eigenvalue weighted by Gasteiger charge is -2.40. The molecule has 4 heteroatoms. The Hall–Kier alpha value is -1.55. The molecule has 4 nitrogen and oxygen atoms in total. The first-order valence-electron chi connectivity index (χ1n) is 9.44. The van der Waals surface area contributed by atoms with Crippen molar-refractivity contribution in [3.63, 3.8) is 0 Å². The van der Waals surface area contributed by atoms with Gasteiger partial charge < -0.3 is 15.0 Å². The molecule has 1 N–H and O–H groups in total. The molecule has 1 aromatic carbocycles. The molecule has 130 valence electrons. The van der Waals surface area contributed by atoms with E-state index in [4.69, 9.17) is 4.74 Å². The van der Waals surface area contributed by atoms with Gasteiger partial charge in [-0.2, -0.15) is 0 Å². The number of hydrogen-bond donors (Lipinski definition) is 1. The average molecular weight is 328 g/mol. The van der Waals surface area contributed by atoms with Crippen LogP contribution in [0.1, 0.15) is 50.1 Å². The Labute approximate surface area is 144 Å². The van der Waals surface area contributed by atoms with E-state index >= 15 is 0 Å². The van der Waals surface area contributed by atoms with Crippen LogP contribution in [-0.4, -0.2) is 37.1 Å². The normalized spacial score (nSPS) is 29.7. The number of anilines is 1. The first kappa shape index (κ1) is 15.9. The zero-order valence-corrected chi connectivity index (χ0v) is 14.5. The van der Waals surface area contributed by atoms with Gasteiger partial charge in [-0.1, -0.05) is 37.5 Å². The van der Waals surface area contributed by atoms with Gasteiger partial charge in [-0.05, 0) is 30.9 Å². The third-order valence-corrected chi connectivity index (χ3v) is 6.17. The van der Waals surface area contributed by atoms with E-state index in [2.05, 4.69) is 34.5 Å². The summed E-state index contributed by atoms with van der Waals surface area (Å²) in [4.78, 5) is 15.4. The molecule has 1 unspecified atom stereocenters. The van der Waals surface area contributed by atoms with Crippen LogP contribution in [0.5, 0.6) is 0 Å². The molecule has 3 atom stereocenters. The van der Waals surface area contributed by atoms with E-state index in [0.29, 0.717) is 24.5 Å². The summed E-state index contributed by atoms with van der Waals surface area (Å²) < 4.78 is 5.45. The molecule has 1 aromatic rings. The van der Waals surface area contributed by atoms with Gasteiger partial charge in [0.05, 0.1) is 18.7 Å². The minimum atomic E-state index is 0.219. The summed E-state index contributed by atoms with van der Waals surface area (Å²) in [5, 5.41) is 3.65. The largest absolute Gasteiger partial charge is 0.383 e. The van der Waals surface area contributed by atoms with Gasteiger partial charge in [0.2, 0.25) is 5.91 Å². The minimum absolute atomic E-state index is 0.219. The second-order valence-electron chi connectivity index (χ2n) is 7.56. The predicted molar refractivity (Wildman–Crippen MR) is 94.9 cm³/mol. The third-order valence-electron chi connectivity index (χ3n) is 6.17. The first-order valence-corrected chi connectivity index (χ1v) is 9.44. The van der Waals surface area contributed by atoms with Crippen LogP contribution in [0.15, 0.2) is 24.3 Å². The molecule has 2 heterocycles. The highest BCUT2D eigenvalue weighted by Crippen LogP contribution is 2.47. The Kier molecular flexibility index (Phi) is 4.49. The Morgan fingerprint density at radius 3 is 2.79 bits per heavy atom. The molecule has 1 amide bonds. The maximum Gasteiger partial charge on any atom is 0.226 e. The van der Waals surface area contributed by atoms with E-state index in [1.165, 1.54) is 30.5 Å². The Morgan fingerprint density at radius 2 is 2.00 bits per heavy atom. The van der Waals surface area contributed by atoms with Gasteiger partial charge in [0, 0.05) is 31.2 Å². The van der Waals surface area contributed by atoms with Gasteiger partial charge in [0.1, 0.15) is 0 Å². The molecule has 1 saturated carbocycles. The van der Waals surface area contributed by atoms with Gasteiger partial charge in [-0.25, -0.2) is 0 Å². The highest BCUT2D eigenvalue weighted by molar-refractivity contribution is 5.80. The summed E-state index contributed by atoms with van der Waals surface area (Å²) in [7, 11) is 1.76. The van der Waals surface area contributed by atoms with Crippen LogP contribution in [0.25, 0.3) is 0 Å². The molecule has 0 spiro atoms. The lowest BCUT2D eigenvalue weighted by atomic mass is 9.82. The van der Waals surface area contributed by atoms with Crippen molar-refractivity contribution in [2.24, 2.45) is 11.8 Å². The topological polar surface area (TPSA) is 41.6 Å². The number of carbonyl (C=O) groups excluding carboxylic acids is 1. The van der Waals surface area contributed by atoms with Gasteiger partial charge in [0.25, 0.3) is 0 Å². The number of amides is 1. The number of nitrogens with zero attached hydrogens (tertiary/aromatic N) is 1. The summed E-state index contributed by atoms with van der Waals surface area (Å²) in [5.74, 6) is 1.10. The van der Waals surface area contributed by atoms with Crippen molar-refractivity contribution in [3.8, 4) is 0 Å². The van der Waals surface area contributed by atoms with Crippen LogP contribution in [-0.2, 0) is 9.53 Å². The monoisotopic (exact) mass is 328 g/mol. The van der Waals surface area contributed by atoms with Crippen molar-refractivity contribution in [3.05, 3.63) is 29.8 Å². The van der Waals surface area contributed by atoms with Gasteiger partial charge in [0.15, 0.2) is 0 Å². The molecule has 0 bridgehead atoms. The van der Waals surface area contributed by atoms with Crippen molar-refractivity contribution in [2.75, 3.05) is 25.6 Å². The van der Waals surface area contributed by atoms with E-state index in [9.17, 15) is 4.79 Å². The number of rotatable bonds is 3. The average Bonchev–Trinajstić information content (AvgIpc) is 3.08. The molecule has 0 aromatic heterocycles. The van der Waals surface area contributed by atoms with E-state index in [0.717, 1.165) is 25.8 Å². The fourth-order valence-corrected chi connectivity index (χ4v) is 5.01. The highest BCUT2D eigenvalue weighted by atomic mass is 16.5. The van der Waals surface area contributed by atoms with Crippen LogP contribution < -0.4 is 5.32 Å². The second kappa shape index (κ2) is 6.75. The van der Waals surface area contributed by atoms with Crippen LogP contribution in [0, 0.1) is 11.8 Å². The number of benzene rings is 1. The Morgan fingerprint density at radius 1 is 1.21 bits per heavy atom. The van der Waals surface area contributed by atoms with Crippen LogP contribution in [0.4, 0.5) is 5.69 Å². The molecule has 4 rings (SSSR count). The summed E-state index contributed by atoms with van der Waals surface area (Å²) >= 11 is 0. The number of fused-ring (bicyclic) bond motifs is 3. The van der Waals surface area contributed by atoms with Crippen LogP contribution in [0.3, 0.4) is 0 Å². The SMILES string of the molecule is COC[C@@H]1Nc2ccccc2C2[C@@H]1CCN2C(=O)C1CCCCC1. The molecule has 2 fully saturated rings. The van der Waals surface area contributed by atoms with E-state index in [1.807, 2.05) is 0 Å². The zero-order valence-electron chi connectivity index (χ0n) is 14.5. The number of ether oxygens (including phenoxy) is 1. The summed E-state index contributed by atoms with van der Waals surface area (Å²) in [6.07, 6.45) is 6.94. The Bertz CT molecular complexity index is 597. The molecular weight excluding hydrogens is 300 g/mol. The number of hydrogen-bond acceptors (Lipinski definition) is 3. The quantitative estimate of drug-likeness (QED) is 0.922. The van der Waals surface area contributed by atoms with Crippen molar-refractivity contribution in [1.82, 2.24) is 4.90 Å². The fourth-order valence-electron chi connectivity index (χ4n) is 5.01. The van der Waals surface area contributed by atoms with E-state index in [1.54, 1.807) is 7.11 Å². The maximum atomic E-state index is 13.2. The summed E-state index contributed by atoms with van der Waals surface area (Å²) in [6.45, 7) is 1.59. The number of methoxy groups -OCH3 is 1. The van der Waals surface area contributed by atoms with Crippen molar-refractivity contribution < 1.29 is 9.53 Å². The number of para-hydroxylation sites is 1. The second-order valence-corrected chi connectivity index (χ2v) is 7.56. The van der Waals surface area contributed by atoms with Crippen molar-refractivity contribution in [1.29, 1.82) is 0 Å². The van der Waals surface area contributed by atoms with Gasteiger partial charge >= 0.3 is 0 Å². The Balaban J connectivity index is 1.63. The predicted octanol–water partition coefficient (Wildman–Crippen LogP) is 3.60. The molecular formula is C20H28N2O2. The number of carbonyl (C=O) groups is 1. The lowest BCUT2D eigenvalue weighted by Crippen LogP contribution is -2.44. The van der Waals surface area contributed by atoms with E-state index < -0.39 is 0 Å². The molecule has 1 aliphatic carbocycles. The smallest absolute Gasteiger partial charge is 0.226 e. The third kappa shape index (κ3) is 2.71. The van der Waals surface area contributed by atoms with Crippen molar-refractivity contribution in [2.45, 2.75) is 50.6 Å². The fraction of sp³-hybridized carbons (Fsp3) is 0.650. The van der Waals surface area contributed by atoms with Crippen LogP contribution in [0.2, 0.25) is 0 Å². The molecule has 24 heavy (non-hydrogen) atoms. The van der Waals surface area contributed by atoms with Crippen molar-refractivity contribution >= 4 is 11.6 Å². The number of nitrogens with one attached hydrogen (secondary N) is 1. The maximum absolute atomic E-state index is 13.2. The standard InChI is InChI=1S/C20H28N2O2/c1-24-13-18-16-11-12-22(20(23)14-7-3-2-4-8-14)19(16)15-9-5-6-10-17(15)21-18/h5-6,9-10,14,16,18-19,21H,2-4,7-8,11-13H2,1H3/t16-,18+,19?/m1/s1. The minimum Gasteiger partial charge on any atom is -0.383 e. The van der Waals surface area contributed by atoms with Gasteiger partial charge in [-0.3, -0.25) is 4.79 Å². The lowest BCUT2D eigenvalue weighted by molar-refractivity contribution is -0.138. The summed E-state index contributed by atoms with van der Waals surface area (Å²) in [6, 6.07) is 9.00. The molecule has 3 aliphatic rings. The van der Waals surface area contributed by atoms with Gasteiger partial charge in [-0.15, -0.1) is 0 Å². The van der Waals surface area contributed by atoms with Crippen LogP contribution >= 0.6 is 0 Å². The molecule has 0 radical (unpaired) electrons. The van der Waals surface area contributed by atoms with E-state index in [-0.39, 0.29) is 12.0 Å². The molecule has 1 saturated heterocycles.